The van der Waals surface area contributed by atoms with Crippen molar-refractivity contribution in [2.75, 3.05) is 5.75 Å². The second kappa shape index (κ2) is 3.54. The highest BCUT2D eigenvalue weighted by Crippen LogP contribution is 2.09. The van der Waals surface area contributed by atoms with E-state index in [1.807, 2.05) is 0 Å². The minimum atomic E-state index is -0.292. The van der Waals surface area contributed by atoms with Crippen molar-refractivity contribution in [3.05, 3.63) is 18.4 Å². The molecule has 0 aliphatic rings. The molecule has 2 N–H and O–H groups in total. The Kier molecular flexibility index (Phi) is 2.67. The van der Waals surface area contributed by atoms with Gasteiger partial charge >= 0.3 is 0 Å². The third-order valence-corrected chi connectivity index (χ3v) is 1.54. The van der Waals surface area contributed by atoms with Crippen LogP contribution in [0.4, 0.5) is 0 Å². The van der Waals surface area contributed by atoms with Gasteiger partial charge in [0.15, 0.2) is 0 Å². The van der Waals surface area contributed by atoms with Crippen LogP contribution in [0.2, 0.25) is 0 Å². The summed E-state index contributed by atoms with van der Waals surface area (Å²) < 4.78 is 5.07. The predicted molar refractivity (Wildman–Crippen MR) is 45.2 cm³/mol. The standard InChI is InChI=1S/C6H9N3OS/c1-2-5-8-9-6(10-5)4(7)3-11/h2,4,11H,1,3,7H2. The van der Waals surface area contributed by atoms with Gasteiger partial charge in [0, 0.05) is 5.75 Å². The largest absolute Gasteiger partial charge is 0.420 e. The van der Waals surface area contributed by atoms with Gasteiger partial charge in [0.05, 0.1) is 6.04 Å². The number of thiol groups is 1. The number of aromatic nitrogens is 2. The Bertz CT molecular complexity index is 248. The number of hydrogen-bond acceptors (Lipinski definition) is 5. The molecule has 11 heavy (non-hydrogen) atoms. The summed E-state index contributed by atoms with van der Waals surface area (Å²) in [5.74, 6) is 1.27. The first-order valence-corrected chi connectivity index (χ1v) is 3.73. The summed E-state index contributed by atoms with van der Waals surface area (Å²) in [7, 11) is 0. The van der Waals surface area contributed by atoms with Crippen LogP contribution in [0.15, 0.2) is 11.0 Å². The second-order valence-corrected chi connectivity index (χ2v) is 2.34. The molecule has 0 saturated heterocycles. The van der Waals surface area contributed by atoms with Gasteiger partial charge in [-0.1, -0.05) is 6.58 Å². The van der Waals surface area contributed by atoms with Crippen molar-refractivity contribution in [1.82, 2.24) is 10.2 Å². The first-order valence-electron chi connectivity index (χ1n) is 3.10. The molecule has 1 aromatic heterocycles. The Balaban J connectivity index is 2.79. The average Bonchev–Trinajstić information content (AvgIpc) is 2.50. The van der Waals surface area contributed by atoms with Gasteiger partial charge in [-0.2, -0.15) is 12.6 Å². The molecule has 0 bridgehead atoms. The van der Waals surface area contributed by atoms with E-state index in [1.165, 1.54) is 6.08 Å². The Hall–Kier alpha value is -0.810. The van der Waals surface area contributed by atoms with E-state index in [2.05, 4.69) is 29.4 Å². The molecule has 0 aromatic carbocycles. The molecule has 1 atom stereocenters. The summed E-state index contributed by atoms with van der Waals surface area (Å²) in [6, 6.07) is -0.292. The highest BCUT2D eigenvalue weighted by molar-refractivity contribution is 7.80. The lowest BCUT2D eigenvalue weighted by Crippen LogP contribution is -2.11. The lowest BCUT2D eigenvalue weighted by atomic mass is 10.4. The van der Waals surface area contributed by atoms with Gasteiger partial charge in [-0.15, -0.1) is 10.2 Å². The van der Waals surface area contributed by atoms with Crippen molar-refractivity contribution in [3.8, 4) is 0 Å². The molecule has 0 saturated carbocycles. The first kappa shape index (κ1) is 8.29. The van der Waals surface area contributed by atoms with Crippen molar-refractivity contribution in [1.29, 1.82) is 0 Å². The van der Waals surface area contributed by atoms with Gasteiger partial charge in [-0.3, -0.25) is 0 Å². The monoisotopic (exact) mass is 171 g/mol. The lowest BCUT2D eigenvalue weighted by molar-refractivity contribution is 0.459. The molecule has 1 unspecified atom stereocenters. The van der Waals surface area contributed by atoms with Crippen molar-refractivity contribution >= 4 is 18.7 Å². The summed E-state index contributed by atoms with van der Waals surface area (Å²) in [6.45, 7) is 3.47. The quantitative estimate of drug-likeness (QED) is 0.655. The molecule has 60 valence electrons. The van der Waals surface area contributed by atoms with Crippen LogP contribution in [0.5, 0.6) is 0 Å². The summed E-state index contributed by atoms with van der Waals surface area (Å²) >= 11 is 3.99. The van der Waals surface area contributed by atoms with Gasteiger partial charge in [0.25, 0.3) is 0 Å². The Morgan fingerprint density at radius 1 is 1.73 bits per heavy atom. The Morgan fingerprint density at radius 3 is 2.91 bits per heavy atom. The van der Waals surface area contributed by atoms with Crippen molar-refractivity contribution in [2.45, 2.75) is 6.04 Å². The summed E-state index contributed by atoms with van der Waals surface area (Å²) in [5.41, 5.74) is 5.56. The topological polar surface area (TPSA) is 64.9 Å². The van der Waals surface area contributed by atoms with E-state index in [0.717, 1.165) is 0 Å². The lowest BCUT2D eigenvalue weighted by Gasteiger charge is -1.98. The van der Waals surface area contributed by atoms with Gasteiger partial charge in [0.1, 0.15) is 0 Å². The molecular formula is C6H9N3OS. The zero-order valence-corrected chi connectivity index (χ0v) is 6.79. The molecule has 0 aliphatic heterocycles. The van der Waals surface area contributed by atoms with E-state index in [9.17, 15) is 0 Å². The minimum Gasteiger partial charge on any atom is -0.420 e. The van der Waals surface area contributed by atoms with E-state index in [4.69, 9.17) is 10.2 Å². The summed E-state index contributed by atoms with van der Waals surface area (Å²) in [6.07, 6.45) is 1.47. The Morgan fingerprint density at radius 2 is 2.45 bits per heavy atom. The smallest absolute Gasteiger partial charge is 0.240 e. The zero-order chi connectivity index (χ0) is 8.27. The predicted octanol–water partition coefficient (Wildman–Crippen LogP) is 0.642. The van der Waals surface area contributed by atoms with Crippen molar-refractivity contribution in [2.24, 2.45) is 5.73 Å². The fourth-order valence-electron chi connectivity index (χ4n) is 0.557. The molecular weight excluding hydrogens is 162 g/mol. The molecule has 1 rings (SSSR count). The second-order valence-electron chi connectivity index (χ2n) is 1.97. The maximum atomic E-state index is 5.56. The molecule has 1 aromatic rings. The van der Waals surface area contributed by atoms with E-state index in [-0.39, 0.29) is 6.04 Å². The van der Waals surface area contributed by atoms with Crippen LogP contribution in [0.25, 0.3) is 6.08 Å². The molecule has 0 radical (unpaired) electrons. The Labute approximate surface area is 69.9 Å². The molecule has 5 heteroatoms. The fourth-order valence-corrected chi connectivity index (χ4v) is 0.713. The van der Waals surface area contributed by atoms with E-state index < -0.39 is 0 Å². The van der Waals surface area contributed by atoms with Crippen LogP contribution < -0.4 is 5.73 Å². The molecule has 1 heterocycles. The molecule has 0 spiro atoms. The normalized spacial score (nSPS) is 12.9. The highest BCUT2D eigenvalue weighted by Gasteiger charge is 2.10. The molecule has 0 amide bonds. The molecule has 0 aliphatic carbocycles. The summed E-state index contributed by atoms with van der Waals surface area (Å²) in [5, 5.41) is 7.35. The average molecular weight is 171 g/mol. The van der Waals surface area contributed by atoms with Crippen LogP contribution >= 0.6 is 12.6 Å². The minimum absolute atomic E-state index is 0.292. The number of nitrogens with two attached hydrogens (primary N) is 1. The van der Waals surface area contributed by atoms with E-state index in [1.54, 1.807) is 0 Å². The first-order chi connectivity index (χ1) is 5.27. The van der Waals surface area contributed by atoms with E-state index >= 15 is 0 Å². The van der Waals surface area contributed by atoms with Gasteiger partial charge in [0.2, 0.25) is 11.8 Å². The van der Waals surface area contributed by atoms with Crippen LogP contribution in [0.1, 0.15) is 17.8 Å². The third kappa shape index (κ3) is 1.81. The van der Waals surface area contributed by atoms with E-state index in [0.29, 0.717) is 17.5 Å². The maximum Gasteiger partial charge on any atom is 0.240 e. The van der Waals surface area contributed by atoms with Gasteiger partial charge < -0.3 is 10.2 Å². The number of rotatable bonds is 3. The van der Waals surface area contributed by atoms with Crippen molar-refractivity contribution in [3.63, 3.8) is 0 Å². The van der Waals surface area contributed by atoms with Crippen LogP contribution in [-0.2, 0) is 0 Å². The van der Waals surface area contributed by atoms with Gasteiger partial charge in [-0.25, -0.2) is 0 Å². The SMILES string of the molecule is C=Cc1nnc(C(N)CS)o1. The van der Waals surface area contributed by atoms with Crippen LogP contribution in [0.3, 0.4) is 0 Å². The van der Waals surface area contributed by atoms with Crippen molar-refractivity contribution < 1.29 is 4.42 Å². The number of nitrogens with zero attached hydrogens (tertiary/aromatic N) is 2. The summed E-state index contributed by atoms with van der Waals surface area (Å²) in [4.78, 5) is 0. The van der Waals surface area contributed by atoms with Crippen LogP contribution in [0, 0.1) is 0 Å². The molecule has 4 nitrogen and oxygen atoms in total. The highest BCUT2D eigenvalue weighted by atomic mass is 32.1. The third-order valence-electron chi connectivity index (χ3n) is 1.14. The van der Waals surface area contributed by atoms with Gasteiger partial charge in [-0.05, 0) is 6.08 Å². The zero-order valence-electron chi connectivity index (χ0n) is 5.90. The van der Waals surface area contributed by atoms with Crippen LogP contribution in [-0.4, -0.2) is 16.0 Å². The fraction of sp³-hybridized carbons (Fsp3) is 0.333. The number of hydrogen-bond donors (Lipinski definition) is 2. The molecule has 0 fully saturated rings. The maximum absolute atomic E-state index is 5.56.